The molecule has 1 saturated carbocycles. The van der Waals surface area contributed by atoms with Gasteiger partial charge in [-0.2, -0.15) is 0 Å². The van der Waals surface area contributed by atoms with Crippen LogP contribution in [0.15, 0.2) is 18.2 Å². The lowest BCUT2D eigenvalue weighted by Crippen LogP contribution is -2.22. The van der Waals surface area contributed by atoms with Gasteiger partial charge in [0.2, 0.25) is 0 Å². The minimum absolute atomic E-state index is 0.228. The zero-order valence-corrected chi connectivity index (χ0v) is 12.7. The van der Waals surface area contributed by atoms with E-state index in [-0.39, 0.29) is 12.5 Å². The molecule has 1 atom stereocenters. The first kappa shape index (κ1) is 15.3. The van der Waals surface area contributed by atoms with Crippen LogP contribution in [0.4, 0.5) is 0 Å². The fourth-order valence-electron chi connectivity index (χ4n) is 3.02. The number of rotatable bonds is 4. The second-order valence-electron chi connectivity index (χ2n) is 5.43. The van der Waals surface area contributed by atoms with Crippen molar-refractivity contribution in [2.45, 2.75) is 43.9 Å². The van der Waals surface area contributed by atoms with Crippen LogP contribution >= 0.6 is 11.6 Å². The van der Waals surface area contributed by atoms with E-state index in [1.165, 1.54) is 44.8 Å². The molecule has 0 aliphatic heterocycles. The van der Waals surface area contributed by atoms with Crippen molar-refractivity contribution in [3.63, 3.8) is 0 Å². The fraction of sp³-hybridized carbons (Fsp3) is 0.562. The number of benzene rings is 1. The van der Waals surface area contributed by atoms with E-state index in [0.29, 0.717) is 5.92 Å². The van der Waals surface area contributed by atoms with Gasteiger partial charge in [-0.15, -0.1) is 0 Å². The summed E-state index contributed by atoms with van der Waals surface area (Å²) < 4.78 is 4.78. The summed E-state index contributed by atoms with van der Waals surface area (Å²) in [5.74, 6) is -0.188. The van der Waals surface area contributed by atoms with E-state index in [4.69, 9.17) is 22.1 Å². The molecular weight excluding hydrogens is 274 g/mol. The molecule has 2 N–H and O–H groups in total. The Labute approximate surface area is 125 Å². The Morgan fingerprint density at radius 2 is 2.10 bits per heavy atom. The Morgan fingerprint density at radius 1 is 1.40 bits per heavy atom. The summed E-state index contributed by atoms with van der Waals surface area (Å²) in [5, 5.41) is 0.747. The van der Waals surface area contributed by atoms with E-state index in [1.54, 1.807) is 0 Å². The molecule has 1 aliphatic rings. The Kier molecular flexibility index (Phi) is 5.44. The first-order valence-corrected chi connectivity index (χ1v) is 7.62. The molecular formula is C16H22ClNO2. The molecule has 0 spiro atoms. The van der Waals surface area contributed by atoms with Crippen LogP contribution in [0.5, 0.6) is 0 Å². The van der Waals surface area contributed by atoms with Gasteiger partial charge in [-0.05, 0) is 36.0 Å². The van der Waals surface area contributed by atoms with Gasteiger partial charge in [-0.3, -0.25) is 4.79 Å². The lowest BCUT2D eigenvalue weighted by atomic mass is 9.83. The molecule has 0 saturated heterocycles. The van der Waals surface area contributed by atoms with Crippen molar-refractivity contribution in [3.05, 3.63) is 34.3 Å². The number of ether oxygens (including phenoxy) is 1. The maximum Gasteiger partial charge on any atom is 0.314 e. The minimum Gasteiger partial charge on any atom is -0.469 e. The van der Waals surface area contributed by atoms with Crippen LogP contribution in [0.2, 0.25) is 5.02 Å². The first-order valence-electron chi connectivity index (χ1n) is 7.24. The van der Waals surface area contributed by atoms with Crippen molar-refractivity contribution in [2.24, 2.45) is 5.73 Å². The highest BCUT2D eigenvalue weighted by molar-refractivity contribution is 6.31. The second kappa shape index (κ2) is 7.09. The molecule has 110 valence electrons. The average Bonchev–Trinajstić information content (AvgIpc) is 2.49. The zero-order chi connectivity index (χ0) is 14.5. The van der Waals surface area contributed by atoms with Crippen LogP contribution in [0.25, 0.3) is 0 Å². The van der Waals surface area contributed by atoms with E-state index in [1.807, 2.05) is 12.1 Å². The summed E-state index contributed by atoms with van der Waals surface area (Å²) in [6.45, 7) is 0.228. The monoisotopic (exact) mass is 295 g/mol. The summed E-state index contributed by atoms with van der Waals surface area (Å²) >= 11 is 6.42. The molecule has 1 fully saturated rings. The predicted octanol–water partition coefficient (Wildman–Crippen LogP) is 3.60. The van der Waals surface area contributed by atoms with Crippen LogP contribution in [0, 0.1) is 0 Å². The van der Waals surface area contributed by atoms with Crippen LogP contribution in [-0.4, -0.2) is 19.6 Å². The van der Waals surface area contributed by atoms with Gasteiger partial charge in [0.25, 0.3) is 0 Å². The number of nitrogens with two attached hydrogens (primary N) is 1. The molecule has 0 radical (unpaired) electrons. The van der Waals surface area contributed by atoms with Crippen LogP contribution in [0.3, 0.4) is 0 Å². The van der Waals surface area contributed by atoms with Crippen molar-refractivity contribution in [1.29, 1.82) is 0 Å². The second-order valence-corrected chi connectivity index (χ2v) is 5.83. The van der Waals surface area contributed by atoms with Crippen molar-refractivity contribution in [3.8, 4) is 0 Å². The summed E-state index contributed by atoms with van der Waals surface area (Å²) in [6, 6.07) is 5.89. The summed E-state index contributed by atoms with van der Waals surface area (Å²) in [5.41, 5.74) is 7.71. The van der Waals surface area contributed by atoms with Crippen LogP contribution in [-0.2, 0) is 9.53 Å². The summed E-state index contributed by atoms with van der Waals surface area (Å²) in [7, 11) is 1.38. The number of carbonyl (C=O) groups is 1. The number of hydrogen-bond donors (Lipinski definition) is 1. The number of hydrogen-bond acceptors (Lipinski definition) is 3. The average molecular weight is 296 g/mol. The third kappa shape index (κ3) is 3.33. The zero-order valence-electron chi connectivity index (χ0n) is 11.9. The predicted molar refractivity (Wildman–Crippen MR) is 81.1 cm³/mol. The smallest absolute Gasteiger partial charge is 0.314 e. The molecule has 0 heterocycles. The molecule has 2 rings (SSSR count). The van der Waals surface area contributed by atoms with Crippen molar-refractivity contribution >= 4 is 17.6 Å². The molecule has 20 heavy (non-hydrogen) atoms. The SMILES string of the molecule is COC(=O)C(CN)c1ccc(C2CCCCC2)c(Cl)c1. The minimum atomic E-state index is -0.432. The Balaban J connectivity index is 2.22. The first-order chi connectivity index (χ1) is 9.67. The van der Waals surface area contributed by atoms with Gasteiger partial charge >= 0.3 is 5.97 Å². The van der Waals surface area contributed by atoms with Gasteiger partial charge < -0.3 is 10.5 Å². The topological polar surface area (TPSA) is 52.3 Å². The van der Waals surface area contributed by atoms with Crippen molar-refractivity contribution in [2.75, 3.05) is 13.7 Å². The van der Waals surface area contributed by atoms with Crippen molar-refractivity contribution in [1.82, 2.24) is 0 Å². The number of halogens is 1. The van der Waals surface area contributed by atoms with Crippen LogP contribution in [0.1, 0.15) is 55.1 Å². The van der Waals surface area contributed by atoms with Gasteiger partial charge in [0, 0.05) is 11.6 Å². The Hall–Kier alpha value is -1.06. The third-order valence-electron chi connectivity index (χ3n) is 4.19. The van der Waals surface area contributed by atoms with Crippen LogP contribution < -0.4 is 5.73 Å². The van der Waals surface area contributed by atoms with Gasteiger partial charge in [0.05, 0.1) is 13.0 Å². The lowest BCUT2D eigenvalue weighted by Gasteiger charge is -2.23. The Bertz CT molecular complexity index is 470. The molecule has 0 aromatic heterocycles. The molecule has 3 nitrogen and oxygen atoms in total. The highest BCUT2D eigenvalue weighted by Gasteiger charge is 2.23. The number of methoxy groups -OCH3 is 1. The quantitative estimate of drug-likeness (QED) is 0.864. The largest absolute Gasteiger partial charge is 0.469 e. The van der Waals surface area contributed by atoms with E-state index in [0.717, 1.165) is 10.6 Å². The van der Waals surface area contributed by atoms with E-state index < -0.39 is 5.92 Å². The molecule has 4 heteroatoms. The lowest BCUT2D eigenvalue weighted by molar-refractivity contribution is -0.142. The number of esters is 1. The van der Waals surface area contributed by atoms with E-state index in [9.17, 15) is 4.79 Å². The normalized spacial score (nSPS) is 17.8. The molecule has 1 aromatic carbocycles. The highest BCUT2D eigenvalue weighted by Crippen LogP contribution is 2.37. The molecule has 1 unspecified atom stereocenters. The van der Waals surface area contributed by atoms with E-state index in [2.05, 4.69) is 6.07 Å². The van der Waals surface area contributed by atoms with E-state index >= 15 is 0 Å². The van der Waals surface area contributed by atoms with Crippen molar-refractivity contribution < 1.29 is 9.53 Å². The molecule has 0 bridgehead atoms. The number of carbonyl (C=O) groups excluding carboxylic acids is 1. The Morgan fingerprint density at radius 3 is 2.65 bits per heavy atom. The molecule has 0 amide bonds. The van der Waals surface area contributed by atoms with Gasteiger partial charge in [0.15, 0.2) is 0 Å². The maximum absolute atomic E-state index is 11.7. The van der Waals surface area contributed by atoms with Gasteiger partial charge in [0.1, 0.15) is 0 Å². The standard InChI is InChI=1S/C16H22ClNO2/c1-20-16(19)14(10-18)12-7-8-13(15(17)9-12)11-5-3-2-4-6-11/h7-9,11,14H,2-6,10,18H2,1H3. The highest BCUT2D eigenvalue weighted by atomic mass is 35.5. The van der Waals surface area contributed by atoms with Gasteiger partial charge in [-0.1, -0.05) is 43.0 Å². The maximum atomic E-state index is 11.7. The molecule has 1 aromatic rings. The fourth-order valence-corrected chi connectivity index (χ4v) is 3.36. The summed E-state index contributed by atoms with van der Waals surface area (Å²) in [4.78, 5) is 11.7. The third-order valence-corrected chi connectivity index (χ3v) is 4.52. The van der Waals surface area contributed by atoms with Gasteiger partial charge in [-0.25, -0.2) is 0 Å². The summed E-state index contributed by atoms with van der Waals surface area (Å²) in [6.07, 6.45) is 6.28. The molecule has 1 aliphatic carbocycles.